The highest BCUT2D eigenvalue weighted by Gasteiger charge is 2.29. The lowest BCUT2D eigenvalue weighted by Gasteiger charge is -2.27. The van der Waals surface area contributed by atoms with Gasteiger partial charge in [0.05, 0.1) is 6.04 Å². The Morgan fingerprint density at radius 2 is 1.80 bits per heavy atom. The van der Waals surface area contributed by atoms with Crippen LogP contribution in [0.1, 0.15) is 5.56 Å². The Hall–Kier alpha value is -2.41. The Labute approximate surface area is 115 Å². The van der Waals surface area contributed by atoms with Crippen molar-refractivity contribution >= 4 is 17.7 Å². The van der Waals surface area contributed by atoms with E-state index in [1.54, 1.807) is 12.1 Å². The van der Waals surface area contributed by atoms with Gasteiger partial charge in [-0.15, -0.1) is 0 Å². The number of benzene rings is 1. The third-order valence-electron chi connectivity index (χ3n) is 2.97. The molecule has 4 N–H and O–H groups in total. The van der Waals surface area contributed by atoms with Crippen LogP contribution in [0.2, 0.25) is 0 Å². The first-order valence-corrected chi connectivity index (χ1v) is 6.10. The number of hydrogen-bond donors (Lipinski definition) is 3. The van der Waals surface area contributed by atoms with Gasteiger partial charge in [0, 0.05) is 0 Å². The molecule has 1 aromatic carbocycles. The summed E-state index contributed by atoms with van der Waals surface area (Å²) in [6.07, 6.45) is 0.269. The number of rotatable bonds is 3. The number of nitrogens with two attached hydrogens (primary N) is 1. The zero-order chi connectivity index (χ0) is 14.7. The Balaban J connectivity index is 1.99. The van der Waals surface area contributed by atoms with E-state index >= 15 is 0 Å². The summed E-state index contributed by atoms with van der Waals surface area (Å²) in [5.41, 5.74) is 6.60. The van der Waals surface area contributed by atoms with Crippen LogP contribution >= 0.6 is 0 Å². The number of carbonyl (C=O) groups is 3. The van der Waals surface area contributed by atoms with E-state index in [1.165, 1.54) is 12.1 Å². The molecule has 0 saturated carbocycles. The fourth-order valence-corrected chi connectivity index (χ4v) is 2.00. The second-order valence-electron chi connectivity index (χ2n) is 4.64. The van der Waals surface area contributed by atoms with E-state index in [0.717, 1.165) is 10.5 Å². The highest BCUT2D eigenvalue weighted by atomic mass is 16.3. The molecule has 1 unspecified atom stereocenters. The average Bonchev–Trinajstić information content (AvgIpc) is 2.39. The van der Waals surface area contributed by atoms with E-state index in [0.29, 0.717) is 0 Å². The van der Waals surface area contributed by atoms with Crippen LogP contribution in [-0.2, 0) is 20.8 Å². The number of carbonyl (C=O) groups excluding carboxylic acids is 3. The molecular weight excluding hydrogens is 262 g/mol. The molecule has 20 heavy (non-hydrogen) atoms. The zero-order valence-electron chi connectivity index (χ0n) is 10.7. The smallest absolute Gasteiger partial charge is 0.246 e. The quantitative estimate of drug-likeness (QED) is 0.597. The third kappa shape index (κ3) is 3.33. The number of nitrogens with one attached hydrogen (secondary N) is 1. The van der Waals surface area contributed by atoms with Gasteiger partial charge in [-0.05, 0) is 24.1 Å². The number of phenolic OH excluding ortho intramolecular Hbond substituents is 1. The van der Waals surface area contributed by atoms with Crippen molar-refractivity contribution in [3.8, 4) is 5.75 Å². The van der Waals surface area contributed by atoms with Gasteiger partial charge in [-0.25, -0.2) is 0 Å². The summed E-state index contributed by atoms with van der Waals surface area (Å²) < 4.78 is 0. The van der Waals surface area contributed by atoms with Gasteiger partial charge in [-0.1, -0.05) is 12.1 Å². The molecule has 1 saturated heterocycles. The van der Waals surface area contributed by atoms with Crippen LogP contribution < -0.4 is 11.1 Å². The maximum atomic E-state index is 12.1. The molecule has 1 fully saturated rings. The van der Waals surface area contributed by atoms with Crippen LogP contribution in [0.3, 0.4) is 0 Å². The van der Waals surface area contributed by atoms with Gasteiger partial charge >= 0.3 is 0 Å². The Bertz CT molecular complexity index is 525. The van der Waals surface area contributed by atoms with Crippen LogP contribution in [-0.4, -0.2) is 46.9 Å². The molecule has 7 heteroatoms. The second kappa shape index (κ2) is 5.70. The van der Waals surface area contributed by atoms with E-state index < -0.39 is 23.8 Å². The van der Waals surface area contributed by atoms with Crippen molar-refractivity contribution in [3.63, 3.8) is 0 Å². The Kier molecular flexibility index (Phi) is 3.99. The fourth-order valence-electron chi connectivity index (χ4n) is 2.00. The predicted molar refractivity (Wildman–Crippen MR) is 69.5 cm³/mol. The molecule has 1 atom stereocenters. The minimum atomic E-state index is -0.835. The second-order valence-corrected chi connectivity index (χ2v) is 4.64. The number of amides is 3. The molecule has 106 valence electrons. The third-order valence-corrected chi connectivity index (χ3v) is 2.97. The van der Waals surface area contributed by atoms with E-state index in [-0.39, 0.29) is 25.3 Å². The summed E-state index contributed by atoms with van der Waals surface area (Å²) in [6.45, 7) is -0.318. The lowest BCUT2D eigenvalue weighted by Crippen LogP contribution is -2.57. The standard InChI is InChI=1S/C13H15N3O4/c14-10(5-8-1-3-9(17)4-2-8)13(20)16-6-11(18)15-12(19)7-16/h1-4,10,17H,5-7,14H2,(H,15,18,19). The normalized spacial score (nSPS) is 16.8. The van der Waals surface area contributed by atoms with E-state index in [9.17, 15) is 19.5 Å². The van der Waals surface area contributed by atoms with Crippen molar-refractivity contribution in [3.05, 3.63) is 29.8 Å². The Morgan fingerprint density at radius 3 is 2.35 bits per heavy atom. The topological polar surface area (TPSA) is 113 Å². The maximum absolute atomic E-state index is 12.1. The minimum Gasteiger partial charge on any atom is -0.508 e. The van der Waals surface area contributed by atoms with Gasteiger partial charge in [0.15, 0.2) is 0 Å². The molecule has 1 aromatic rings. The average molecular weight is 277 g/mol. The molecule has 0 aliphatic carbocycles. The van der Waals surface area contributed by atoms with Crippen molar-refractivity contribution < 1.29 is 19.5 Å². The van der Waals surface area contributed by atoms with Crippen LogP contribution in [0, 0.1) is 0 Å². The van der Waals surface area contributed by atoms with Crippen LogP contribution in [0.4, 0.5) is 0 Å². The number of nitrogens with zero attached hydrogens (tertiary/aromatic N) is 1. The zero-order valence-corrected chi connectivity index (χ0v) is 10.7. The molecule has 2 rings (SSSR count). The molecule has 0 aromatic heterocycles. The highest BCUT2D eigenvalue weighted by molar-refractivity contribution is 6.03. The molecular formula is C13H15N3O4. The van der Waals surface area contributed by atoms with Gasteiger partial charge in [-0.3, -0.25) is 19.7 Å². The van der Waals surface area contributed by atoms with Gasteiger partial charge < -0.3 is 15.7 Å². The lowest BCUT2D eigenvalue weighted by atomic mass is 10.1. The molecule has 3 amide bonds. The van der Waals surface area contributed by atoms with E-state index in [4.69, 9.17) is 5.73 Å². The van der Waals surface area contributed by atoms with E-state index in [2.05, 4.69) is 5.32 Å². The summed E-state index contributed by atoms with van der Waals surface area (Å²) in [4.78, 5) is 35.6. The van der Waals surface area contributed by atoms with Crippen molar-refractivity contribution in [2.75, 3.05) is 13.1 Å². The summed E-state index contributed by atoms with van der Waals surface area (Å²) in [5, 5.41) is 11.3. The van der Waals surface area contributed by atoms with Gasteiger partial charge in [-0.2, -0.15) is 0 Å². The van der Waals surface area contributed by atoms with Crippen molar-refractivity contribution in [2.45, 2.75) is 12.5 Å². The number of hydrogen-bond acceptors (Lipinski definition) is 5. The first-order valence-electron chi connectivity index (χ1n) is 6.10. The summed E-state index contributed by atoms with van der Waals surface area (Å²) in [7, 11) is 0. The molecule has 7 nitrogen and oxygen atoms in total. The largest absolute Gasteiger partial charge is 0.508 e. The molecule has 1 aliphatic heterocycles. The number of imide groups is 1. The molecule has 0 bridgehead atoms. The lowest BCUT2D eigenvalue weighted by molar-refractivity contribution is -0.146. The highest BCUT2D eigenvalue weighted by Crippen LogP contribution is 2.11. The first-order chi connectivity index (χ1) is 9.45. The monoisotopic (exact) mass is 277 g/mol. The van der Waals surface area contributed by atoms with Crippen molar-refractivity contribution in [1.29, 1.82) is 0 Å². The van der Waals surface area contributed by atoms with Crippen LogP contribution in [0.5, 0.6) is 5.75 Å². The van der Waals surface area contributed by atoms with Crippen molar-refractivity contribution in [1.82, 2.24) is 10.2 Å². The predicted octanol–water partition coefficient (Wildman–Crippen LogP) is -1.25. The summed E-state index contributed by atoms with van der Waals surface area (Å²) >= 11 is 0. The van der Waals surface area contributed by atoms with Gasteiger partial charge in [0.1, 0.15) is 18.8 Å². The molecule has 0 radical (unpaired) electrons. The van der Waals surface area contributed by atoms with Gasteiger partial charge in [0.25, 0.3) is 0 Å². The molecule has 1 heterocycles. The first kappa shape index (κ1) is 14.0. The van der Waals surface area contributed by atoms with Crippen LogP contribution in [0.25, 0.3) is 0 Å². The van der Waals surface area contributed by atoms with Gasteiger partial charge in [0.2, 0.25) is 17.7 Å². The summed E-state index contributed by atoms with van der Waals surface area (Å²) in [5.74, 6) is -1.33. The van der Waals surface area contributed by atoms with E-state index in [1.807, 2.05) is 0 Å². The minimum absolute atomic E-state index is 0.131. The number of piperazine rings is 1. The number of phenols is 1. The molecule has 1 aliphatic rings. The number of aromatic hydroxyl groups is 1. The SMILES string of the molecule is NC(Cc1ccc(O)cc1)C(=O)N1CC(=O)NC(=O)C1. The van der Waals surface area contributed by atoms with Crippen LogP contribution in [0.15, 0.2) is 24.3 Å². The maximum Gasteiger partial charge on any atom is 0.246 e. The Morgan fingerprint density at radius 1 is 1.25 bits per heavy atom. The summed E-state index contributed by atoms with van der Waals surface area (Å²) in [6, 6.07) is 5.50. The van der Waals surface area contributed by atoms with Crippen molar-refractivity contribution in [2.24, 2.45) is 5.73 Å². The fraction of sp³-hybridized carbons (Fsp3) is 0.308. The molecule has 0 spiro atoms.